The number of nitrogens with zero attached hydrogens (tertiary/aromatic N) is 2. The molecule has 2 rings (SSSR count). The molecule has 2 heterocycles. The Morgan fingerprint density at radius 3 is 2.74 bits per heavy atom. The van der Waals surface area contributed by atoms with Crippen molar-refractivity contribution in [3.8, 4) is 0 Å². The van der Waals surface area contributed by atoms with Crippen LogP contribution in [0.15, 0.2) is 4.52 Å². The average molecular weight is 343 g/mol. The maximum Gasteiger partial charge on any atom is 0.224 e. The summed E-state index contributed by atoms with van der Waals surface area (Å²) in [6.07, 6.45) is 3.03. The highest BCUT2D eigenvalue weighted by Crippen LogP contribution is 2.20. The summed E-state index contributed by atoms with van der Waals surface area (Å²) >= 11 is 0. The molecule has 1 aliphatic rings. The molecule has 1 amide bonds. The molecule has 23 heavy (non-hydrogen) atoms. The smallest absolute Gasteiger partial charge is 0.224 e. The molecule has 1 aromatic heterocycles. The number of nitrogens with one attached hydrogen (secondary N) is 1. The van der Waals surface area contributed by atoms with Crippen LogP contribution in [-0.4, -0.2) is 48.7 Å². The molecule has 1 N–H and O–H groups in total. The van der Waals surface area contributed by atoms with Crippen LogP contribution in [0.4, 0.5) is 0 Å². The van der Waals surface area contributed by atoms with Gasteiger partial charge in [-0.05, 0) is 33.6 Å². The summed E-state index contributed by atoms with van der Waals surface area (Å²) in [7, 11) is -3.32. The topological polar surface area (TPSA) is 92.5 Å². The lowest BCUT2D eigenvalue weighted by atomic mass is 10.1. The van der Waals surface area contributed by atoms with Crippen LogP contribution >= 0.6 is 0 Å². The van der Waals surface area contributed by atoms with Crippen molar-refractivity contribution in [3.05, 3.63) is 17.0 Å². The molecule has 130 valence electrons. The van der Waals surface area contributed by atoms with Gasteiger partial charge >= 0.3 is 0 Å². The van der Waals surface area contributed by atoms with Crippen molar-refractivity contribution in [2.24, 2.45) is 0 Å². The zero-order valence-electron chi connectivity index (χ0n) is 14.0. The van der Waals surface area contributed by atoms with Gasteiger partial charge in [-0.15, -0.1) is 0 Å². The Bertz CT molecular complexity index is 634. The number of carbonyl (C=O) groups excluding carboxylic acids is 1. The van der Waals surface area contributed by atoms with Gasteiger partial charge in [-0.3, -0.25) is 4.79 Å². The zero-order valence-corrected chi connectivity index (χ0v) is 14.8. The summed E-state index contributed by atoms with van der Waals surface area (Å²) in [5.74, 6) is 0.332. The minimum atomic E-state index is -3.32. The summed E-state index contributed by atoms with van der Waals surface area (Å²) in [5.41, 5.74) is 1.45. The summed E-state index contributed by atoms with van der Waals surface area (Å²) in [4.78, 5) is 12.0. The van der Waals surface area contributed by atoms with Crippen molar-refractivity contribution >= 4 is 15.9 Å². The summed E-state index contributed by atoms with van der Waals surface area (Å²) in [6, 6.07) is 0.0479. The molecule has 1 aliphatic heterocycles. The minimum absolute atomic E-state index is 0.0479. The summed E-state index contributed by atoms with van der Waals surface area (Å²) in [6.45, 7) is 6.17. The normalized spacial score (nSPS) is 19.7. The van der Waals surface area contributed by atoms with Gasteiger partial charge in [0.2, 0.25) is 15.9 Å². The number of aryl methyl sites for hydroxylation is 2. The Kier molecular flexibility index (Phi) is 5.80. The van der Waals surface area contributed by atoms with Crippen LogP contribution in [0.2, 0.25) is 0 Å². The molecule has 1 aromatic rings. The maximum atomic E-state index is 12.4. The number of sulfonamides is 1. The Balaban J connectivity index is 1.83. The molecule has 0 aromatic carbocycles. The van der Waals surface area contributed by atoms with E-state index < -0.39 is 10.0 Å². The van der Waals surface area contributed by atoms with E-state index in [-0.39, 0.29) is 30.7 Å². The third-order valence-electron chi connectivity index (χ3n) is 4.30. The molecule has 0 spiro atoms. The van der Waals surface area contributed by atoms with Crippen LogP contribution in [0.25, 0.3) is 0 Å². The number of aromatic nitrogens is 1. The van der Waals surface area contributed by atoms with Crippen molar-refractivity contribution in [2.75, 3.05) is 18.8 Å². The van der Waals surface area contributed by atoms with E-state index in [1.54, 1.807) is 18.2 Å². The molecule has 1 atom stereocenters. The van der Waals surface area contributed by atoms with E-state index in [1.165, 1.54) is 0 Å². The molecule has 0 unspecified atom stereocenters. The predicted octanol–water partition coefficient (Wildman–Crippen LogP) is 1.15. The quantitative estimate of drug-likeness (QED) is 0.836. The first-order valence-electron chi connectivity index (χ1n) is 7.99. The van der Waals surface area contributed by atoms with Crippen molar-refractivity contribution in [1.82, 2.24) is 14.8 Å². The fourth-order valence-electron chi connectivity index (χ4n) is 2.90. The molecule has 8 heteroatoms. The fraction of sp³-hybridized carbons (Fsp3) is 0.733. The number of carbonyl (C=O) groups is 1. The standard InChI is InChI=1S/C15H25N3O4S/c1-11-6-4-5-8-18(11)23(20,21)9-7-16-15(19)10-14-12(2)17-22-13(14)3/h11H,4-10H2,1-3H3,(H,16,19)/t11-/m0/s1. The van der Waals surface area contributed by atoms with E-state index in [1.807, 2.05) is 6.92 Å². The summed E-state index contributed by atoms with van der Waals surface area (Å²) in [5, 5.41) is 6.47. The van der Waals surface area contributed by atoms with Gasteiger partial charge in [0.05, 0.1) is 17.9 Å². The van der Waals surface area contributed by atoms with E-state index in [2.05, 4.69) is 10.5 Å². The van der Waals surface area contributed by atoms with E-state index >= 15 is 0 Å². The second kappa shape index (κ2) is 7.44. The third-order valence-corrected chi connectivity index (χ3v) is 6.28. The molecule has 1 fully saturated rings. The van der Waals surface area contributed by atoms with Gasteiger partial charge in [0.15, 0.2) is 0 Å². The van der Waals surface area contributed by atoms with Gasteiger partial charge in [-0.25, -0.2) is 8.42 Å². The second-order valence-electron chi connectivity index (χ2n) is 6.10. The molecule has 0 aliphatic carbocycles. The van der Waals surface area contributed by atoms with Crippen molar-refractivity contribution in [2.45, 2.75) is 52.5 Å². The highest BCUT2D eigenvalue weighted by molar-refractivity contribution is 7.89. The molecule has 0 saturated carbocycles. The molecule has 0 bridgehead atoms. The SMILES string of the molecule is Cc1noc(C)c1CC(=O)NCCS(=O)(=O)N1CCCC[C@@H]1C. The van der Waals surface area contributed by atoms with Gasteiger partial charge < -0.3 is 9.84 Å². The van der Waals surface area contributed by atoms with Crippen LogP contribution in [0.1, 0.15) is 43.2 Å². The van der Waals surface area contributed by atoms with Gasteiger partial charge in [0.25, 0.3) is 0 Å². The Morgan fingerprint density at radius 1 is 1.39 bits per heavy atom. The number of rotatable bonds is 6. The van der Waals surface area contributed by atoms with Crippen LogP contribution in [0.5, 0.6) is 0 Å². The molecular weight excluding hydrogens is 318 g/mol. The van der Waals surface area contributed by atoms with Gasteiger partial charge in [0, 0.05) is 24.7 Å². The highest BCUT2D eigenvalue weighted by Gasteiger charge is 2.29. The van der Waals surface area contributed by atoms with Gasteiger partial charge in [-0.1, -0.05) is 11.6 Å². The van der Waals surface area contributed by atoms with Crippen molar-refractivity contribution in [1.29, 1.82) is 0 Å². The van der Waals surface area contributed by atoms with E-state index in [0.29, 0.717) is 18.0 Å². The second-order valence-corrected chi connectivity index (χ2v) is 8.14. The Labute approximate surface area is 137 Å². The molecule has 1 saturated heterocycles. The third kappa shape index (κ3) is 4.54. The Morgan fingerprint density at radius 2 is 2.13 bits per heavy atom. The largest absolute Gasteiger partial charge is 0.361 e. The number of piperidine rings is 1. The summed E-state index contributed by atoms with van der Waals surface area (Å²) < 4.78 is 31.3. The van der Waals surface area contributed by atoms with Crippen LogP contribution in [0, 0.1) is 13.8 Å². The lowest BCUT2D eigenvalue weighted by Gasteiger charge is -2.32. The molecular formula is C15H25N3O4S. The van der Waals surface area contributed by atoms with E-state index in [4.69, 9.17) is 4.52 Å². The molecule has 0 radical (unpaired) electrons. The monoisotopic (exact) mass is 343 g/mol. The van der Waals surface area contributed by atoms with Crippen LogP contribution in [0.3, 0.4) is 0 Å². The first-order valence-corrected chi connectivity index (χ1v) is 9.60. The zero-order chi connectivity index (χ0) is 17.0. The van der Waals surface area contributed by atoms with Gasteiger partial charge in [0.1, 0.15) is 5.76 Å². The fourth-order valence-corrected chi connectivity index (χ4v) is 4.55. The molecule has 7 nitrogen and oxygen atoms in total. The first kappa shape index (κ1) is 17.9. The minimum Gasteiger partial charge on any atom is -0.361 e. The number of amides is 1. The van der Waals surface area contributed by atoms with Gasteiger partial charge in [-0.2, -0.15) is 4.31 Å². The lowest BCUT2D eigenvalue weighted by molar-refractivity contribution is -0.120. The number of hydrogen-bond donors (Lipinski definition) is 1. The average Bonchev–Trinajstić information content (AvgIpc) is 2.79. The Hall–Kier alpha value is -1.41. The van der Waals surface area contributed by atoms with E-state index in [0.717, 1.165) is 24.8 Å². The predicted molar refractivity (Wildman–Crippen MR) is 86.5 cm³/mol. The highest BCUT2D eigenvalue weighted by atomic mass is 32.2. The lowest BCUT2D eigenvalue weighted by Crippen LogP contribution is -2.45. The van der Waals surface area contributed by atoms with Crippen molar-refractivity contribution < 1.29 is 17.7 Å². The first-order chi connectivity index (χ1) is 10.8. The van der Waals surface area contributed by atoms with Crippen LogP contribution < -0.4 is 5.32 Å². The maximum absolute atomic E-state index is 12.4. The number of hydrogen-bond acceptors (Lipinski definition) is 5. The van der Waals surface area contributed by atoms with Crippen LogP contribution in [-0.2, 0) is 21.2 Å². The van der Waals surface area contributed by atoms with E-state index in [9.17, 15) is 13.2 Å². The van der Waals surface area contributed by atoms with Crippen molar-refractivity contribution in [3.63, 3.8) is 0 Å².